The Morgan fingerprint density at radius 1 is 1.50 bits per heavy atom. The molecule has 0 radical (unpaired) electrons. The first-order valence-electron chi connectivity index (χ1n) is 3.50. The van der Waals surface area contributed by atoms with E-state index in [0.717, 1.165) is 12.8 Å². The number of hydrogen-bond donors (Lipinski definition) is 0. The third kappa shape index (κ3) is 7.14. The van der Waals surface area contributed by atoms with Crippen molar-refractivity contribution in [2.45, 2.75) is 26.2 Å². The first kappa shape index (κ1) is 9.14. The summed E-state index contributed by atoms with van der Waals surface area (Å²) in [6.07, 6.45) is 6.57. The predicted octanol–water partition coefficient (Wildman–Crippen LogP) is 2.01. The molecule has 0 unspecified atom stereocenters. The molecule has 3 nitrogen and oxygen atoms in total. The molecule has 0 aromatic heterocycles. The summed E-state index contributed by atoms with van der Waals surface area (Å²) in [6.45, 7) is 2.06. The van der Waals surface area contributed by atoms with Crippen LogP contribution in [0, 0.1) is 10.1 Å². The zero-order valence-electron chi connectivity index (χ0n) is 6.25. The summed E-state index contributed by atoms with van der Waals surface area (Å²) in [7, 11) is 0. The van der Waals surface area contributed by atoms with Crippen LogP contribution >= 0.6 is 0 Å². The van der Waals surface area contributed by atoms with Gasteiger partial charge in [0.2, 0.25) is 6.54 Å². The average Bonchev–Trinajstić information content (AvgIpc) is 1.87. The molecular weight excluding hydrogens is 130 g/mol. The summed E-state index contributed by atoms with van der Waals surface area (Å²) in [4.78, 5) is 9.55. The highest BCUT2D eigenvalue weighted by Crippen LogP contribution is 1.95. The van der Waals surface area contributed by atoms with Gasteiger partial charge in [-0.1, -0.05) is 12.2 Å². The number of nitrogens with zero attached hydrogens (tertiary/aromatic N) is 1. The normalized spacial score (nSPS) is 10.5. The van der Waals surface area contributed by atoms with Gasteiger partial charge in [0.1, 0.15) is 0 Å². The van der Waals surface area contributed by atoms with Gasteiger partial charge in [0.05, 0.1) is 0 Å². The maximum Gasteiger partial charge on any atom is 0.203 e. The molecule has 0 aromatic rings. The molecule has 0 heterocycles. The molecular formula is C7H13NO2. The van der Waals surface area contributed by atoms with E-state index in [4.69, 9.17) is 0 Å². The van der Waals surface area contributed by atoms with E-state index in [9.17, 15) is 10.1 Å². The molecule has 0 saturated carbocycles. The zero-order chi connectivity index (χ0) is 7.82. The van der Waals surface area contributed by atoms with Crippen LogP contribution in [-0.4, -0.2) is 11.5 Å². The highest BCUT2D eigenvalue weighted by atomic mass is 16.6. The van der Waals surface area contributed by atoms with Crippen molar-refractivity contribution in [3.63, 3.8) is 0 Å². The Balaban J connectivity index is 2.98. The van der Waals surface area contributed by atoms with Gasteiger partial charge in [-0.15, -0.1) is 0 Å². The Kier molecular flexibility index (Phi) is 5.72. The predicted molar refractivity (Wildman–Crippen MR) is 40.5 cm³/mol. The molecule has 0 spiro atoms. The molecule has 0 N–H and O–H groups in total. The lowest BCUT2D eigenvalue weighted by atomic mass is 10.2. The molecule has 0 aromatic carbocycles. The highest BCUT2D eigenvalue weighted by molar-refractivity contribution is 4.75. The van der Waals surface area contributed by atoms with E-state index in [2.05, 4.69) is 0 Å². The fourth-order valence-electron chi connectivity index (χ4n) is 0.670. The summed E-state index contributed by atoms with van der Waals surface area (Å²) in [5, 5.41) is 9.82. The molecule has 0 fully saturated rings. The largest absolute Gasteiger partial charge is 0.265 e. The monoisotopic (exact) mass is 143 g/mol. The summed E-state index contributed by atoms with van der Waals surface area (Å²) in [5.41, 5.74) is 0. The van der Waals surface area contributed by atoms with Gasteiger partial charge < -0.3 is 0 Å². The molecule has 0 atom stereocenters. The van der Waals surface area contributed by atoms with Gasteiger partial charge in [0.25, 0.3) is 0 Å². The third-order valence-corrected chi connectivity index (χ3v) is 1.20. The minimum atomic E-state index is -0.268. The van der Waals surface area contributed by atoms with E-state index >= 15 is 0 Å². The number of nitro groups is 1. The lowest BCUT2D eigenvalue weighted by Gasteiger charge is -1.90. The van der Waals surface area contributed by atoms with Crippen LogP contribution in [-0.2, 0) is 0 Å². The maximum atomic E-state index is 9.82. The zero-order valence-corrected chi connectivity index (χ0v) is 6.25. The van der Waals surface area contributed by atoms with Gasteiger partial charge in [0, 0.05) is 11.3 Å². The Labute approximate surface area is 60.9 Å². The van der Waals surface area contributed by atoms with Crippen LogP contribution in [0.4, 0.5) is 0 Å². The van der Waals surface area contributed by atoms with Gasteiger partial charge >= 0.3 is 0 Å². The maximum absolute atomic E-state index is 9.82. The Bertz CT molecular complexity index is 121. The first-order chi connectivity index (χ1) is 4.77. The van der Waals surface area contributed by atoms with Crippen LogP contribution in [0.2, 0.25) is 0 Å². The van der Waals surface area contributed by atoms with Crippen molar-refractivity contribution < 1.29 is 4.92 Å². The Hall–Kier alpha value is -0.860. The van der Waals surface area contributed by atoms with Gasteiger partial charge in [-0.2, -0.15) is 0 Å². The van der Waals surface area contributed by atoms with Crippen LogP contribution in [0.15, 0.2) is 12.2 Å². The summed E-state index contributed by atoms with van der Waals surface area (Å²) in [5.74, 6) is 0. The fourth-order valence-corrected chi connectivity index (χ4v) is 0.670. The van der Waals surface area contributed by atoms with Crippen molar-refractivity contribution in [1.29, 1.82) is 0 Å². The minimum Gasteiger partial charge on any atom is -0.265 e. The van der Waals surface area contributed by atoms with Gasteiger partial charge in [0.15, 0.2) is 0 Å². The molecule has 10 heavy (non-hydrogen) atoms. The van der Waals surface area contributed by atoms with Gasteiger partial charge in [-0.25, -0.2) is 0 Å². The molecule has 0 aliphatic heterocycles. The smallest absolute Gasteiger partial charge is 0.203 e. The molecule has 0 aliphatic carbocycles. The quantitative estimate of drug-likeness (QED) is 0.256. The second-order valence-electron chi connectivity index (χ2n) is 2.12. The summed E-state index contributed by atoms with van der Waals surface area (Å²) >= 11 is 0. The minimum absolute atomic E-state index is 0.109. The molecule has 58 valence electrons. The number of allylic oxidation sites excluding steroid dienone is 2. The summed E-state index contributed by atoms with van der Waals surface area (Å²) < 4.78 is 0. The van der Waals surface area contributed by atoms with Gasteiger partial charge in [-0.3, -0.25) is 10.1 Å². The van der Waals surface area contributed by atoms with E-state index in [1.165, 1.54) is 0 Å². The van der Waals surface area contributed by atoms with Crippen LogP contribution in [0.5, 0.6) is 0 Å². The summed E-state index contributed by atoms with van der Waals surface area (Å²) in [6, 6.07) is 0. The van der Waals surface area contributed by atoms with E-state index < -0.39 is 0 Å². The van der Waals surface area contributed by atoms with Crippen molar-refractivity contribution in [2.75, 3.05) is 6.54 Å². The van der Waals surface area contributed by atoms with Crippen molar-refractivity contribution in [1.82, 2.24) is 0 Å². The average molecular weight is 143 g/mol. The van der Waals surface area contributed by atoms with E-state index in [0.29, 0.717) is 6.42 Å². The van der Waals surface area contributed by atoms with Crippen molar-refractivity contribution in [3.05, 3.63) is 22.3 Å². The van der Waals surface area contributed by atoms with Crippen LogP contribution in [0.1, 0.15) is 26.2 Å². The molecule has 0 saturated heterocycles. The second-order valence-corrected chi connectivity index (χ2v) is 2.12. The lowest BCUT2D eigenvalue weighted by molar-refractivity contribution is -0.480. The van der Waals surface area contributed by atoms with E-state index in [-0.39, 0.29) is 11.5 Å². The molecule has 0 bridgehead atoms. The van der Waals surface area contributed by atoms with Crippen molar-refractivity contribution in [3.8, 4) is 0 Å². The fraction of sp³-hybridized carbons (Fsp3) is 0.714. The van der Waals surface area contributed by atoms with Crippen LogP contribution in [0.25, 0.3) is 0 Å². The molecule has 0 rings (SSSR count). The molecule has 0 amide bonds. The lowest BCUT2D eigenvalue weighted by Crippen LogP contribution is -1.99. The Morgan fingerprint density at radius 3 is 2.70 bits per heavy atom. The van der Waals surface area contributed by atoms with E-state index in [1.54, 1.807) is 0 Å². The standard InChI is InChI=1S/C7H13NO2/c1-2-3-4-5-6-7-8(9)10/h2-3H,4-7H2,1H3/b3-2+. The molecule has 0 aliphatic rings. The highest BCUT2D eigenvalue weighted by Gasteiger charge is 1.93. The van der Waals surface area contributed by atoms with Crippen molar-refractivity contribution >= 4 is 0 Å². The second kappa shape index (κ2) is 6.26. The Morgan fingerprint density at radius 2 is 2.20 bits per heavy atom. The first-order valence-corrected chi connectivity index (χ1v) is 3.50. The number of hydrogen-bond acceptors (Lipinski definition) is 2. The SMILES string of the molecule is C/C=C/CCCC[N+](=O)[O-]. The molecule has 3 heteroatoms. The third-order valence-electron chi connectivity index (χ3n) is 1.20. The number of unbranched alkanes of at least 4 members (excludes halogenated alkanes) is 2. The van der Waals surface area contributed by atoms with Crippen LogP contribution < -0.4 is 0 Å². The van der Waals surface area contributed by atoms with E-state index in [1.807, 2.05) is 19.1 Å². The number of rotatable bonds is 5. The van der Waals surface area contributed by atoms with Gasteiger partial charge in [-0.05, 0) is 19.8 Å². The van der Waals surface area contributed by atoms with Crippen molar-refractivity contribution in [2.24, 2.45) is 0 Å². The van der Waals surface area contributed by atoms with Crippen LogP contribution in [0.3, 0.4) is 0 Å². The topological polar surface area (TPSA) is 43.1 Å².